The molecular weight excluding hydrogens is 348 g/mol. The maximum atomic E-state index is 13.1. The summed E-state index contributed by atoms with van der Waals surface area (Å²) in [5, 5.41) is 12.8. The topological polar surface area (TPSA) is 122 Å². The Balaban J connectivity index is 2.48. The summed E-state index contributed by atoms with van der Waals surface area (Å²) in [5.74, 6) is -1.67. The van der Waals surface area contributed by atoms with E-state index in [1.165, 1.54) is 11.7 Å². The van der Waals surface area contributed by atoms with Gasteiger partial charge in [-0.1, -0.05) is 22.2 Å². The number of methoxy groups -OCH3 is 1. The van der Waals surface area contributed by atoms with Gasteiger partial charge in [-0.25, -0.2) is 13.5 Å². The van der Waals surface area contributed by atoms with Crippen LogP contribution in [-0.2, 0) is 23.9 Å². The number of nitrogens with zero attached hydrogens (tertiary/aromatic N) is 4. The van der Waals surface area contributed by atoms with E-state index in [9.17, 15) is 22.3 Å². The molecule has 1 aromatic heterocycles. The van der Waals surface area contributed by atoms with Gasteiger partial charge in [-0.05, 0) is 16.5 Å². The normalized spacial score (nSPS) is 12.2. The fraction of sp³-hybridized carbons (Fsp3) is 0.333. The quantitative estimate of drug-likeness (QED) is 0.756. The first kappa shape index (κ1) is 17.9. The molecule has 1 amide bonds. The Bertz CT molecular complexity index is 783. The van der Waals surface area contributed by atoms with Gasteiger partial charge in [0.2, 0.25) is 5.95 Å². The minimum atomic E-state index is -2.92. The number of hydrogen-bond donors (Lipinski definition) is 1. The van der Waals surface area contributed by atoms with Crippen LogP contribution >= 0.6 is 0 Å². The molecule has 130 valence electrons. The molecule has 0 aliphatic rings. The average molecular weight is 360 g/mol. The second-order valence-electron chi connectivity index (χ2n) is 4.54. The number of ether oxygens (including phenoxy) is 1. The van der Waals surface area contributed by atoms with Crippen LogP contribution in [0.2, 0.25) is 0 Å². The Hall–Kier alpha value is -2.47. The number of aryl methyl sites for hydroxylation is 1. The average Bonchev–Trinajstić information content (AvgIpc) is 2.90. The van der Waals surface area contributed by atoms with E-state index in [-0.39, 0.29) is 22.8 Å². The van der Waals surface area contributed by atoms with E-state index >= 15 is 0 Å². The molecule has 9 nitrogen and oxygen atoms in total. The van der Waals surface area contributed by atoms with Crippen molar-refractivity contribution in [3.8, 4) is 5.75 Å². The van der Waals surface area contributed by atoms with E-state index in [1.54, 1.807) is 0 Å². The van der Waals surface area contributed by atoms with Gasteiger partial charge in [-0.2, -0.15) is 0 Å². The third-order valence-electron chi connectivity index (χ3n) is 3.09. The molecule has 0 spiro atoms. The Morgan fingerprint density at radius 3 is 2.71 bits per heavy atom. The minimum Gasteiger partial charge on any atom is -0.772 e. The maximum absolute atomic E-state index is 13.1. The van der Waals surface area contributed by atoms with Crippen LogP contribution in [-0.4, -0.2) is 42.0 Å². The molecule has 12 heteroatoms. The van der Waals surface area contributed by atoms with Crippen molar-refractivity contribution in [1.82, 2.24) is 20.2 Å². The first-order chi connectivity index (χ1) is 11.3. The molecule has 1 aromatic carbocycles. The zero-order valence-corrected chi connectivity index (χ0v) is 13.3. The number of nitrogens with one attached hydrogen (secondary N) is 1. The van der Waals surface area contributed by atoms with E-state index in [4.69, 9.17) is 4.74 Å². The molecule has 1 N–H and O–H groups in total. The van der Waals surface area contributed by atoms with Gasteiger partial charge < -0.3 is 9.29 Å². The summed E-state index contributed by atoms with van der Waals surface area (Å²) in [6.07, 6.45) is -2.92. The summed E-state index contributed by atoms with van der Waals surface area (Å²) < 4.78 is 54.3. The van der Waals surface area contributed by atoms with Gasteiger partial charge >= 0.3 is 0 Å². The number of hydrogen-bond acceptors (Lipinski definition) is 7. The lowest BCUT2D eigenvalue weighted by Gasteiger charge is -2.18. The highest BCUT2D eigenvalue weighted by Crippen LogP contribution is 2.34. The van der Waals surface area contributed by atoms with Crippen molar-refractivity contribution >= 4 is 22.9 Å². The second kappa shape index (κ2) is 7.40. The van der Waals surface area contributed by atoms with Crippen molar-refractivity contribution in [3.63, 3.8) is 0 Å². The highest BCUT2D eigenvalue weighted by molar-refractivity contribution is 7.78. The summed E-state index contributed by atoms with van der Waals surface area (Å²) in [6.45, 7) is 0. The van der Waals surface area contributed by atoms with Crippen LogP contribution in [0.25, 0.3) is 0 Å². The smallest absolute Gasteiger partial charge is 0.264 e. The van der Waals surface area contributed by atoms with Crippen molar-refractivity contribution < 1.29 is 27.1 Å². The summed E-state index contributed by atoms with van der Waals surface area (Å²) in [7, 11) is 2.64. The van der Waals surface area contributed by atoms with Gasteiger partial charge in [0.1, 0.15) is 5.75 Å². The van der Waals surface area contributed by atoms with Gasteiger partial charge in [0.15, 0.2) is 0 Å². The SMILES string of the molecule is COc1c(C(=O)Nc2nnnn2C)ccc(C(F)F)c1CS(=O)[O-]. The van der Waals surface area contributed by atoms with Crippen molar-refractivity contribution in [2.24, 2.45) is 7.05 Å². The predicted octanol–water partition coefficient (Wildman–Crippen LogP) is 0.788. The predicted molar refractivity (Wildman–Crippen MR) is 77.3 cm³/mol. The molecule has 2 rings (SSSR count). The molecule has 0 saturated carbocycles. The van der Waals surface area contributed by atoms with E-state index in [1.807, 2.05) is 0 Å². The number of rotatable bonds is 6. The van der Waals surface area contributed by atoms with Gasteiger partial charge in [-0.15, -0.1) is 0 Å². The zero-order valence-electron chi connectivity index (χ0n) is 12.5. The number of halogens is 2. The molecular formula is C12H12F2N5O4S-. The zero-order chi connectivity index (χ0) is 17.9. The Kier molecular flexibility index (Phi) is 5.51. The van der Waals surface area contributed by atoms with Crippen LogP contribution in [0.15, 0.2) is 12.1 Å². The lowest BCUT2D eigenvalue weighted by atomic mass is 10.0. The highest BCUT2D eigenvalue weighted by Gasteiger charge is 2.24. The van der Waals surface area contributed by atoms with Crippen molar-refractivity contribution in [2.45, 2.75) is 12.2 Å². The molecule has 0 bridgehead atoms. The lowest BCUT2D eigenvalue weighted by molar-refractivity contribution is 0.102. The fourth-order valence-corrected chi connectivity index (χ4v) is 2.56. The summed E-state index contributed by atoms with van der Waals surface area (Å²) in [5.41, 5.74) is -0.914. The van der Waals surface area contributed by atoms with Crippen LogP contribution in [0.5, 0.6) is 5.75 Å². The molecule has 1 heterocycles. The number of alkyl halides is 2. The molecule has 0 radical (unpaired) electrons. The van der Waals surface area contributed by atoms with Gasteiger partial charge in [0.25, 0.3) is 12.3 Å². The molecule has 1 unspecified atom stereocenters. The lowest BCUT2D eigenvalue weighted by Crippen LogP contribution is -2.18. The molecule has 1 atom stereocenters. The standard InChI is InChI=1S/C12H13F2N5O4S/c1-19-12(16-17-18-19)15-11(20)7-4-3-6(10(13)14)8(5-24(21)22)9(7)23-2/h3-4,10H,5H2,1-2H3,(H,21,22)(H,15,16,18,20)/p-1. The van der Waals surface area contributed by atoms with E-state index < -0.39 is 34.7 Å². The van der Waals surface area contributed by atoms with Crippen LogP contribution < -0.4 is 10.1 Å². The fourth-order valence-electron chi connectivity index (χ4n) is 2.03. The van der Waals surface area contributed by atoms with E-state index in [0.717, 1.165) is 19.2 Å². The van der Waals surface area contributed by atoms with Gasteiger partial charge in [0.05, 0.1) is 12.7 Å². The number of tetrazole rings is 1. The Morgan fingerprint density at radius 2 is 2.21 bits per heavy atom. The molecule has 0 aliphatic carbocycles. The van der Waals surface area contributed by atoms with Crippen molar-refractivity contribution in [1.29, 1.82) is 0 Å². The first-order valence-electron chi connectivity index (χ1n) is 6.42. The highest BCUT2D eigenvalue weighted by atomic mass is 32.2. The van der Waals surface area contributed by atoms with E-state index in [2.05, 4.69) is 20.8 Å². The largest absolute Gasteiger partial charge is 0.772 e. The number of amides is 1. The summed E-state index contributed by atoms with van der Waals surface area (Å²) in [4.78, 5) is 12.3. The third kappa shape index (κ3) is 3.71. The number of carbonyl (C=O) groups is 1. The number of aromatic nitrogens is 4. The number of anilines is 1. The Morgan fingerprint density at radius 1 is 1.50 bits per heavy atom. The summed E-state index contributed by atoms with van der Waals surface area (Å²) in [6, 6.07) is 2.11. The van der Waals surface area contributed by atoms with Crippen molar-refractivity contribution in [3.05, 3.63) is 28.8 Å². The number of carbonyl (C=O) groups excluding carboxylic acids is 1. The molecule has 24 heavy (non-hydrogen) atoms. The van der Waals surface area contributed by atoms with Gasteiger partial charge in [-0.3, -0.25) is 14.3 Å². The van der Waals surface area contributed by atoms with Gasteiger partial charge in [0, 0.05) is 23.9 Å². The molecule has 0 fully saturated rings. The van der Waals surface area contributed by atoms with Crippen LogP contribution in [0.1, 0.15) is 27.9 Å². The molecule has 0 saturated heterocycles. The van der Waals surface area contributed by atoms with E-state index in [0.29, 0.717) is 0 Å². The molecule has 0 aliphatic heterocycles. The van der Waals surface area contributed by atoms with Crippen LogP contribution in [0, 0.1) is 0 Å². The second-order valence-corrected chi connectivity index (χ2v) is 5.44. The minimum absolute atomic E-state index is 0.0222. The van der Waals surface area contributed by atoms with Crippen molar-refractivity contribution in [2.75, 3.05) is 12.4 Å². The maximum Gasteiger partial charge on any atom is 0.264 e. The summed E-state index contributed by atoms with van der Waals surface area (Å²) >= 11 is -2.64. The number of benzene rings is 1. The molecule has 2 aromatic rings. The van der Waals surface area contributed by atoms with Crippen LogP contribution in [0.4, 0.5) is 14.7 Å². The third-order valence-corrected chi connectivity index (χ3v) is 3.61. The van der Waals surface area contributed by atoms with Crippen LogP contribution in [0.3, 0.4) is 0 Å². The monoisotopic (exact) mass is 360 g/mol. The Labute approximate surface area is 137 Å². The first-order valence-corrected chi connectivity index (χ1v) is 7.67.